The van der Waals surface area contributed by atoms with Gasteiger partial charge in [0.25, 0.3) is 5.92 Å². The molecule has 1 heterocycles. The third-order valence-electron chi connectivity index (χ3n) is 3.40. The number of hydrogen-bond donors (Lipinski definition) is 1. The van der Waals surface area contributed by atoms with Crippen LogP contribution in [0.2, 0.25) is 0 Å². The minimum absolute atomic E-state index is 0.0360. The molecule has 0 saturated carbocycles. The van der Waals surface area contributed by atoms with Gasteiger partial charge in [-0.3, -0.25) is 4.68 Å². The summed E-state index contributed by atoms with van der Waals surface area (Å²) in [5.41, 5.74) is 1.74. The van der Waals surface area contributed by atoms with E-state index < -0.39 is 18.6 Å². The Kier molecular flexibility index (Phi) is 3.90. The van der Waals surface area contributed by atoms with Crippen molar-refractivity contribution < 1.29 is 13.9 Å². The lowest BCUT2D eigenvalue weighted by molar-refractivity contribution is -0.0260. The van der Waals surface area contributed by atoms with Gasteiger partial charge in [0, 0.05) is 16.8 Å². The van der Waals surface area contributed by atoms with Crippen LogP contribution in [0.4, 0.5) is 8.78 Å². The number of nitrogens with zero attached hydrogens (tertiary/aromatic N) is 2. The van der Waals surface area contributed by atoms with Crippen LogP contribution in [0.1, 0.15) is 35.5 Å². The van der Waals surface area contributed by atoms with Crippen molar-refractivity contribution >= 4 is 0 Å². The van der Waals surface area contributed by atoms with Crippen LogP contribution in [0, 0.1) is 13.8 Å². The first kappa shape index (κ1) is 14.7. The van der Waals surface area contributed by atoms with Crippen LogP contribution < -0.4 is 0 Å². The average Bonchev–Trinajstić information content (AvgIpc) is 2.64. The van der Waals surface area contributed by atoms with Gasteiger partial charge in [-0.25, -0.2) is 0 Å². The van der Waals surface area contributed by atoms with E-state index in [1.807, 2.05) is 0 Å². The summed E-state index contributed by atoms with van der Waals surface area (Å²) in [5, 5.41) is 13.8. The quantitative estimate of drug-likeness (QED) is 0.932. The second kappa shape index (κ2) is 5.32. The summed E-state index contributed by atoms with van der Waals surface area (Å²) in [6.45, 7) is 4.49. The highest BCUT2D eigenvalue weighted by atomic mass is 19.3. The molecule has 2 rings (SSSR count). The van der Waals surface area contributed by atoms with E-state index in [4.69, 9.17) is 0 Å². The van der Waals surface area contributed by atoms with E-state index in [-0.39, 0.29) is 5.56 Å². The number of benzene rings is 1. The van der Waals surface area contributed by atoms with Crippen molar-refractivity contribution in [3.05, 3.63) is 52.8 Å². The first-order chi connectivity index (χ1) is 9.33. The SMILES string of the molecule is Cc1nn(CC(F)(F)c2ccccc2)c(C)c1C(C)O. The maximum Gasteiger partial charge on any atom is 0.292 e. The first-order valence-electron chi connectivity index (χ1n) is 6.48. The molecule has 20 heavy (non-hydrogen) atoms. The van der Waals surface area contributed by atoms with Gasteiger partial charge in [0.1, 0.15) is 6.54 Å². The summed E-state index contributed by atoms with van der Waals surface area (Å²) < 4.78 is 29.7. The Hall–Kier alpha value is -1.75. The molecule has 0 radical (unpaired) electrons. The van der Waals surface area contributed by atoms with Gasteiger partial charge in [0.15, 0.2) is 0 Å². The van der Waals surface area contributed by atoms with E-state index >= 15 is 0 Å². The molecule has 2 aromatic rings. The van der Waals surface area contributed by atoms with E-state index in [0.717, 1.165) is 0 Å². The maximum absolute atomic E-state index is 14.2. The van der Waals surface area contributed by atoms with E-state index in [1.54, 1.807) is 39.0 Å². The van der Waals surface area contributed by atoms with Crippen LogP contribution in [0.25, 0.3) is 0 Å². The number of alkyl halides is 2. The van der Waals surface area contributed by atoms with Crippen molar-refractivity contribution in [1.82, 2.24) is 9.78 Å². The molecule has 0 spiro atoms. The molecule has 0 fully saturated rings. The molecule has 0 amide bonds. The largest absolute Gasteiger partial charge is 0.389 e. The molecule has 108 valence electrons. The van der Waals surface area contributed by atoms with Gasteiger partial charge in [-0.1, -0.05) is 30.3 Å². The Morgan fingerprint density at radius 2 is 1.85 bits per heavy atom. The highest BCUT2D eigenvalue weighted by molar-refractivity contribution is 5.27. The normalized spacial score (nSPS) is 13.5. The van der Waals surface area contributed by atoms with Crippen molar-refractivity contribution in [3.63, 3.8) is 0 Å². The second-order valence-corrected chi connectivity index (χ2v) is 4.99. The lowest BCUT2D eigenvalue weighted by atomic mass is 10.1. The monoisotopic (exact) mass is 280 g/mol. The van der Waals surface area contributed by atoms with E-state index in [9.17, 15) is 13.9 Å². The predicted molar refractivity (Wildman–Crippen MR) is 72.7 cm³/mol. The molecule has 5 heteroatoms. The van der Waals surface area contributed by atoms with Crippen LogP contribution in [-0.2, 0) is 12.5 Å². The molecule has 1 unspecified atom stereocenters. The third-order valence-corrected chi connectivity index (χ3v) is 3.40. The third kappa shape index (κ3) is 2.72. The molecule has 1 aromatic heterocycles. The summed E-state index contributed by atoms with van der Waals surface area (Å²) in [5.74, 6) is -3.00. The Labute approximate surface area is 116 Å². The van der Waals surface area contributed by atoms with Crippen LogP contribution in [0.5, 0.6) is 0 Å². The van der Waals surface area contributed by atoms with Crippen molar-refractivity contribution in [2.24, 2.45) is 0 Å². The van der Waals surface area contributed by atoms with Gasteiger partial charge in [0.2, 0.25) is 0 Å². The fourth-order valence-electron chi connectivity index (χ4n) is 2.43. The molecule has 0 aliphatic rings. The van der Waals surface area contributed by atoms with E-state index in [2.05, 4.69) is 5.10 Å². The van der Waals surface area contributed by atoms with Crippen molar-refractivity contribution in [3.8, 4) is 0 Å². The Morgan fingerprint density at radius 1 is 1.25 bits per heavy atom. The van der Waals surface area contributed by atoms with Gasteiger partial charge >= 0.3 is 0 Å². The molecule has 1 N–H and O–H groups in total. The lowest BCUT2D eigenvalue weighted by Crippen LogP contribution is -2.23. The standard InChI is InChI=1S/C15H18F2N2O/c1-10-14(12(3)20)11(2)19(18-10)9-15(16,17)13-7-5-4-6-8-13/h4-8,12,20H,9H2,1-3H3. The van der Waals surface area contributed by atoms with Gasteiger partial charge in [-0.2, -0.15) is 13.9 Å². The fourth-order valence-corrected chi connectivity index (χ4v) is 2.43. The smallest absolute Gasteiger partial charge is 0.292 e. The van der Waals surface area contributed by atoms with Crippen LogP contribution in [0.15, 0.2) is 30.3 Å². The minimum atomic E-state index is -3.00. The van der Waals surface area contributed by atoms with Gasteiger partial charge < -0.3 is 5.11 Å². The number of aromatic nitrogens is 2. The molecular weight excluding hydrogens is 262 g/mol. The van der Waals surface area contributed by atoms with Crippen LogP contribution in [-0.4, -0.2) is 14.9 Å². The molecule has 1 aromatic carbocycles. The van der Waals surface area contributed by atoms with Crippen LogP contribution in [0.3, 0.4) is 0 Å². The van der Waals surface area contributed by atoms with Crippen molar-refractivity contribution in [2.45, 2.75) is 39.3 Å². The predicted octanol–water partition coefficient (Wildman–Crippen LogP) is 3.35. The van der Waals surface area contributed by atoms with E-state index in [0.29, 0.717) is 17.0 Å². The molecule has 0 aliphatic carbocycles. The van der Waals surface area contributed by atoms with Crippen molar-refractivity contribution in [2.75, 3.05) is 0 Å². The topological polar surface area (TPSA) is 38.0 Å². The second-order valence-electron chi connectivity index (χ2n) is 4.99. The maximum atomic E-state index is 14.2. The van der Waals surface area contributed by atoms with Gasteiger partial charge in [-0.15, -0.1) is 0 Å². The number of aliphatic hydroxyl groups is 1. The summed E-state index contributed by atoms with van der Waals surface area (Å²) in [7, 11) is 0. The van der Waals surface area contributed by atoms with Gasteiger partial charge in [0.05, 0.1) is 11.8 Å². The first-order valence-corrected chi connectivity index (χ1v) is 6.48. The average molecular weight is 280 g/mol. The fraction of sp³-hybridized carbons (Fsp3) is 0.400. The molecule has 0 aliphatic heterocycles. The molecular formula is C15H18F2N2O. The molecule has 3 nitrogen and oxygen atoms in total. The Balaban J connectivity index is 2.33. The summed E-state index contributed by atoms with van der Waals surface area (Å²) in [6.07, 6.45) is -0.714. The molecule has 1 atom stereocenters. The molecule has 0 bridgehead atoms. The Bertz CT molecular complexity index is 591. The minimum Gasteiger partial charge on any atom is -0.389 e. The zero-order valence-corrected chi connectivity index (χ0v) is 11.8. The highest BCUT2D eigenvalue weighted by Crippen LogP contribution is 2.31. The number of aryl methyl sites for hydroxylation is 1. The van der Waals surface area contributed by atoms with Crippen molar-refractivity contribution in [1.29, 1.82) is 0 Å². The van der Waals surface area contributed by atoms with E-state index in [1.165, 1.54) is 16.8 Å². The number of hydrogen-bond acceptors (Lipinski definition) is 2. The van der Waals surface area contributed by atoms with Gasteiger partial charge in [-0.05, 0) is 20.8 Å². The summed E-state index contributed by atoms with van der Waals surface area (Å²) >= 11 is 0. The van der Waals surface area contributed by atoms with Crippen LogP contribution >= 0.6 is 0 Å². The number of aliphatic hydroxyl groups excluding tert-OH is 1. The molecule has 0 saturated heterocycles. The lowest BCUT2D eigenvalue weighted by Gasteiger charge is -2.18. The summed E-state index contributed by atoms with van der Waals surface area (Å²) in [6, 6.07) is 7.69. The highest BCUT2D eigenvalue weighted by Gasteiger charge is 2.33. The summed E-state index contributed by atoms with van der Waals surface area (Å²) in [4.78, 5) is 0. The Morgan fingerprint density at radius 3 is 2.35 bits per heavy atom. The zero-order valence-electron chi connectivity index (χ0n) is 11.8. The number of rotatable bonds is 4. The zero-order chi connectivity index (χ0) is 14.9. The number of halogens is 2.